The Morgan fingerprint density at radius 2 is 2.29 bits per heavy atom. The molecule has 3 N–H and O–H groups in total. The van der Waals surface area contributed by atoms with Gasteiger partial charge in [-0.15, -0.1) is 0 Å². The van der Waals surface area contributed by atoms with Crippen LogP contribution in [0.5, 0.6) is 0 Å². The summed E-state index contributed by atoms with van der Waals surface area (Å²) in [5.74, 6) is 5.57. The van der Waals surface area contributed by atoms with Crippen molar-refractivity contribution in [2.45, 2.75) is 6.42 Å². The number of hydrogen-bond donors (Lipinski definition) is 2. The molecule has 1 unspecified atom stereocenters. The topological polar surface area (TPSA) is 102 Å². The lowest BCUT2D eigenvalue weighted by Gasteiger charge is -2.09. The lowest BCUT2D eigenvalue weighted by Crippen LogP contribution is -2.30. The fourth-order valence-corrected chi connectivity index (χ4v) is 3.98. The van der Waals surface area contributed by atoms with Crippen LogP contribution in [0.15, 0.2) is 18.3 Å². The lowest BCUT2D eigenvalue weighted by atomic mass is 10.1. The Kier molecular flexibility index (Phi) is 4.94. The third-order valence-electron chi connectivity index (χ3n) is 3.21. The van der Waals surface area contributed by atoms with Crippen LogP contribution in [0.2, 0.25) is 0 Å². The molecule has 1 atom stereocenters. The number of sulfone groups is 1. The zero-order valence-corrected chi connectivity index (χ0v) is 12.3. The van der Waals surface area contributed by atoms with E-state index in [0.29, 0.717) is 18.5 Å². The summed E-state index contributed by atoms with van der Waals surface area (Å²) >= 11 is 0. The normalized spacial score (nSPS) is 19.6. The molecule has 1 aromatic heterocycles. The summed E-state index contributed by atoms with van der Waals surface area (Å²) in [5.41, 5.74) is 6.25. The number of nitrogens with two attached hydrogens (primary N) is 1. The number of pyridine rings is 1. The van der Waals surface area contributed by atoms with Gasteiger partial charge in [0.1, 0.15) is 5.69 Å². The first-order valence-corrected chi connectivity index (χ1v) is 8.46. The molecule has 1 aliphatic rings. The fraction of sp³-hybridized carbons (Fsp3) is 0.429. The molecule has 0 saturated carbocycles. The Morgan fingerprint density at radius 3 is 2.86 bits per heavy atom. The Morgan fingerprint density at radius 1 is 1.48 bits per heavy atom. The third kappa shape index (κ3) is 4.55. The summed E-state index contributed by atoms with van der Waals surface area (Å²) in [5, 5.41) is 2.72. The molecule has 0 bridgehead atoms. The van der Waals surface area contributed by atoms with Crippen molar-refractivity contribution in [2.75, 3.05) is 24.6 Å². The smallest absolute Gasteiger partial charge is 0.269 e. The van der Waals surface area contributed by atoms with Crippen molar-refractivity contribution in [3.63, 3.8) is 0 Å². The van der Waals surface area contributed by atoms with Crippen LogP contribution in [0.4, 0.5) is 0 Å². The molecule has 6 nitrogen and oxygen atoms in total. The second-order valence-corrected chi connectivity index (χ2v) is 7.15. The summed E-state index contributed by atoms with van der Waals surface area (Å²) < 4.78 is 22.7. The number of rotatable bonds is 3. The van der Waals surface area contributed by atoms with Crippen LogP contribution >= 0.6 is 0 Å². The highest BCUT2D eigenvalue weighted by Crippen LogP contribution is 2.17. The summed E-state index contributed by atoms with van der Waals surface area (Å²) in [6, 6.07) is 3.28. The minimum Gasteiger partial charge on any atom is -0.350 e. The Hall–Kier alpha value is -1.91. The van der Waals surface area contributed by atoms with E-state index >= 15 is 0 Å². The number of carbonyl (C=O) groups excluding carboxylic acids is 1. The van der Waals surface area contributed by atoms with E-state index in [2.05, 4.69) is 22.1 Å². The molecular formula is C14H17N3O3S. The number of carbonyl (C=O) groups is 1. The fourth-order valence-electron chi connectivity index (χ4n) is 2.12. The molecule has 1 aliphatic heterocycles. The van der Waals surface area contributed by atoms with Gasteiger partial charge >= 0.3 is 0 Å². The second kappa shape index (κ2) is 6.70. The molecule has 0 radical (unpaired) electrons. The molecule has 0 aliphatic carbocycles. The molecule has 1 saturated heterocycles. The third-order valence-corrected chi connectivity index (χ3v) is 5.05. The highest BCUT2D eigenvalue weighted by molar-refractivity contribution is 7.91. The monoisotopic (exact) mass is 307 g/mol. The van der Waals surface area contributed by atoms with E-state index in [0.717, 1.165) is 0 Å². The van der Waals surface area contributed by atoms with Crippen LogP contribution in [0, 0.1) is 17.8 Å². The average Bonchev–Trinajstić information content (AvgIpc) is 2.82. The van der Waals surface area contributed by atoms with Gasteiger partial charge in [-0.05, 0) is 24.5 Å². The van der Waals surface area contributed by atoms with E-state index in [-0.39, 0.29) is 35.6 Å². The highest BCUT2D eigenvalue weighted by atomic mass is 32.2. The van der Waals surface area contributed by atoms with E-state index in [1.54, 1.807) is 12.1 Å². The van der Waals surface area contributed by atoms with Crippen LogP contribution in [-0.2, 0) is 9.84 Å². The van der Waals surface area contributed by atoms with Crippen LogP contribution < -0.4 is 11.1 Å². The zero-order chi connectivity index (χ0) is 15.3. The van der Waals surface area contributed by atoms with Crippen molar-refractivity contribution in [1.82, 2.24) is 10.3 Å². The molecule has 1 fully saturated rings. The van der Waals surface area contributed by atoms with Gasteiger partial charge in [-0.1, -0.05) is 11.8 Å². The molecular weight excluding hydrogens is 290 g/mol. The summed E-state index contributed by atoms with van der Waals surface area (Å²) in [6.45, 7) is 0.626. The SMILES string of the molecule is NCC#Cc1ccc(C(=O)NCC2CCS(=O)(=O)C2)nc1. The van der Waals surface area contributed by atoms with Gasteiger partial charge in [0.25, 0.3) is 5.91 Å². The van der Waals surface area contributed by atoms with Crippen molar-refractivity contribution >= 4 is 15.7 Å². The van der Waals surface area contributed by atoms with Gasteiger partial charge in [-0.2, -0.15) is 0 Å². The van der Waals surface area contributed by atoms with E-state index < -0.39 is 9.84 Å². The Balaban J connectivity index is 1.89. The molecule has 1 amide bonds. The molecule has 0 aromatic carbocycles. The molecule has 2 rings (SSSR count). The predicted molar refractivity (Wildman–Crippen MR) is 79.3 cm³/mol. The molecule has 0 spiro atoms. The van der Waals surface area contributed by atoms with Crippen molar-refractivity contribution in [2.24, 2.45) is 11.7 Å². The largest absolute Gasteiger partial charge is 0.350 e. The van der Waals surface area contributed by atoms with Crippen LogP contribution in [0.3, 0.4) is 0 Å². The molecule has 7 heteroatoms. The number of nitrogens with zero attached hydrogens (tertiary/aromatic N) is 1. The standard InChI is InChI=1S/C14H17N3O3S/c15-6-1-2-11-3-4-13(16-8-11)14(18)17-9-12-5-7-21(19,20)10-12/h3-4,8,12H,5-7,9-10,15H2,(H,17,18). The zero-order valence-electron chi connectivity index (χ0n) is 11.5. The maximum Gasteiger partial charge on any atom is 0.269 e. The molecule has 21 heavy (non-hydrogen) atoms. The van der Waals surface area contributed by atoms with Crippen LogP contribution in [0.25, 0.3) is 0 Å². The van der Waals surface area contributed by atoms with Gasteiger partial charge in [-0.3, -0.25) is 4.79 Å². The van der Waals surface area contributed by atoms with Crippen molar-refractivity contribution in [3.05, 3.63) is 29.6 Å². The van der Waals surface area contributed by atoms with Gasteiger partial charge in [0.15, 0.2) is 9.84 Å². The van der Waals surface area contributed by atoms with Gasteiger partial charge < -0.3 is 11.1 Å². The van der Waals surface area contributed by atoms with Gasteiger partial charge in [-0.25, -0.2) is 13.4 Å². The summed E-state index contributed by atoms with van der Waals surface area (Å²) in [6.07, 6.45) is 2.11. The van der Waals surface area contributed by atoms with Crippen LogP contribution in [-0.4, -0.2) is 43.9 Å². The summed E-state index contributed by atoms with van der Waals surface area (Å²) in [4.78, 5) is 15.9. The lowest BCUT2D eigenvalue weighted by molar-refractivity contribution is 0.0943. The molecule has 112 valence electrons. The van der Waals surface area contributed by atoms with E-state index in [4.69, 9.17) is 5.73 Å². The van der Waals surface area contributed by atoms with Crippen LogP contribution in [0.1, 0.15) is 22.5 Å². The number of nitrogens with one attached hydrogen (secondary N) is 1. The second-order valence-electron chi connectivity index (χ2n) is 4.92. The Labute approximate surface area is 124 Å². The number of hydrogen-bond acceptors (Lipinski definition) is 5. The summed E-state index contributed by atoms with van der Waals surface area (Å²) in [7, 11) is -2.91. The van der Waals surface area contributed by atoms with E-state index in [9.17, 15) is 13.2 Å². The molecule has 2 heterocycles. The maximum absolute atomic E-state index is 11.9. The first kappa shape index (κ1) is 15.5. The van der Waals surface area contributed by atoms with Gasteiger partial charge in [0.05, 0.1) is 18.1 Å². The maximum atomic E-state index is 11.9. The quantitative estimate of drug-likeness (QED) is 0.737. The van der Waals surface area contributed by atoms with Crippen molar-refractivity contribution in [1.29, 1.82) is 0 Å². The highest BCUT2D eigenvalue weighted by Gasteiger charge is 2.28. The minimum atomic E-state index is -2.91. The molecule has 1 aromatic rings. The minimum absolute atomic E-state index is 0.00589. The predicted octanol–water partition coefficient (Wildman–Crippen LogP) is -0.444. The first-order chi connectivity index (χ1) is 10.00. The number of amides is 1. The van der Waals surface area contributed by atoms with Crippen molar-refractivity contribution < 1.29 is 13.2 Å². The van der Waals surface area contributed by atoms with Crippen molar-refractivity contribution in [3.8, 4) is 11.8 Å². The van der Waals surface area contributed by atoms with E-state index in [1.807, 2.05) is 0 Å². The Bertz CT molecular complexity index is 672. The number of aromatic nitrogens is 1. The van der Waals surface area contributed by atoms with E-state index in [1.165, 1.54) is 6.20 Å². The average molecular weight is 307 g/mol. The van der Waals surface area contributed by atoms with Gasteiger partial charge in [0.2, 0.25) is 0 Å². The first-order valence-electron chi connectivity index (χ1n) is 6.64. The van der Waals surface area contributed by atoms with Gasteiger partial charge in [0, 0.05) is 18.3 Å².